The third-order valence-electron chi connectivity index (χ3n) is 4.70. The summed E-state index contributed by atoms with van der Waals surface area (Å²) in [7, 11) is 0. The number of hydrogen-bond acceptors (Lipinski definition) is 2. The number of hydrogen-bond donors (Lipinski definition) is 1. The second kappa shape index (κ2) is 6.91. The molecule has 4 nitrogen and oxygen atoms in total. The summed E-state index contributed by atoms with van der Waals surface area (Å²) in [5.74, 6) is 1.16. The molecule has 1 aromatic heterocycles. The third kappa shape index (κ3) is 3.41. The highest BCUT2D eigenvalue weighted by molar-refractivity contribution is 5.70. The van der Waals surface area contributed by atoms with Gasteiger partial charge in [0.1, 0.15) is 5.82 Å². The summed E-state index contributed by atoms with van der Waals surface area (Å²) < 4.78 is 2.18. The Hall–Kier alpha value is -1.32. The van der Waals surface area contributed by atoms with E-state index in [9.17, 15) is 9.90 Å². The molecule has 0 saturated heterocycles. The van der Waals surface area contributed by atoms with Gasteiger partial charge in [0.2, 0.25) is 0 Å². The van der Waals surface area contributed by atoms with Crippen LogP contribution in [0.3, 0.4) is 0 Å². The fraction of sp³-hybridized carbons (Fsp3) is 0.750. The van der Waals surface area contributed by atoms with E-state index in [4.69, 9.17) is 0 Å². The molecule has 112 valence electrons. The van der Waals surface area contributed by atoms with Gasteiger partial charge in [0.05, 0.1) is 5.92 Å². The monoisotopic (exact) mass is 278 g/mol. The standard InChI is InChI=1S/C16H26N2O2/c1-3-8-18-9-7-17-15(18)11-13-10-12(4-2)5-6-14(13)16(19)20/h7,9,12-14H,3-6,8,10-11H2,1-2H3,(H,19,20). The van der Waals surface area contributed by atoms with Gasteiger partial charge in [-0.3, -0.25) is 4.79 Å². The largest absolute Gasteiger partial charge is 0.481 e. The highest BCUT2D eigenvalue weighted by Gasteiger charge is 2.35. The Labute approximate surface area is 121 Å². The molecular formula is C16H26N2O2. The van der Waals surface area contributed by atoms with Crippen LogP contribution in [0, 0.1) is 17.8 Å². The smallest absolute Gasteiger partial charge is 0.306 e. The zero-order valence-corrected chi connectivity index (χ0v) is 12.6. The van der Waals surface area contributed by atoms with Crippen LogP contribution >= 0.6 is 0 Å². The molecule has 0 spiro atoms. The molecule has 1 saturated carbocycles. The SMILES string of the molecule is CCCn1ccnc1CC1CC(CC)CCC1C(=O)O. The molecule has 1 aliphatic carbocycles. The van der Waals surface area contributed by atoms with Gasteiger partial charge in [-0.2, -0.15) is 0 Å². The maximum Gasteiger partial charge on any atom is 0.306 e. The number of rotatable bonds is 6. The molecule has 2 rings (SSSR count). The Balaban J connectivity index is 2.10. The maximum absolute atomic E-state index is 11.5. The van der Waals surface area contributed by atoms with E-state index in [1.54, 1.807) is 0 Å². The van der Waals surface area contributed by atoms with Crippen LogP contribution in [0.1, 0.15) is 51.8 Å². The average Bonchev–Trinajstić information content (AvgIpc) is 2.86. The molecule has 1 aromatic rings. The van der Waals surface area contributed by atoms with Crippen LogP contribution < -0.4 is 0 Å². The minimum absolute atomic E-state index is 0.190. The number of carboxylic acid groups (broad SMARTS) is 1. The number of aromatic nitrogens is 2. The lowest BCUT2D eigenvalue weighted by atomic mass is 9.72. The van der Waals surface area contributed by atoms with Gasteiger partial charge in [0, 0.05) is 25.4 Å². The molecule has 1 aliphatic rings. The zero-order valence-electron chi connectivity index (χ0n) is 12.6. The normalized spacial score (nSPS) is 26.6. The van der Waals surface area contributed by atoms with Crippen molar-refractivity contribution in [1.82, 2.24) is 9.55 Å². The van der Waals surface area contributed by atoms with E-state index in [1.807, 2.05) is 12.4 Å². The number of imidazole rings is 1. The van der Waals surface area contributed by atoms with Crippen molar-refractivity contribution in [3.05, 3.63) is 18.2 Å². The van der Waals surface area contributed by atoms with Gasteiger partial charge in [-0.1, -0.05) is 20.3 Å². The number of aliphatic carboxylic acids is 1. The van der Waals surface area contributed by atoms with Gasteiger partial charge < -0.3 is 9.67 Å². The quantitative estimate of drug-likeness (QED) is 0.868. The highest BCUT2D eigenvalue weighted by atomic mass is 16.4. The predicted molar refractivity (Wildman–Crippen MR) is 78.5 cm³/mol. The summed E-state index contributed by atoms with van der Waals surface area (Å²) in [6.45, 7) is 5.33. The number of nitrogens with zero attached hydrogens (tertiary/aromatic N) is 2. The second-order valence-electron chi connectivity index (χ2n) is 6.03. The Morgan fingerprint density at radius 2 is 2.25 bits per heavy atom. The fourth-order valence-corrected chi connectivity index (χ4v) is 3.49. The van der Waals surface area contributed by atoms with E-state index in [0.29, 0.717) is 5.92 Å². The van der Waals surface area contributed by atoms with Crippen molar-refractivity contribution in [2.75, 3.05) is 0 Å². The number of carboxylic acids is 1. The first-order chi connectivity index (χ1) is 9.65. The van der Waals surface area contributed by atoms with Crippen LogP contribution in [-0.2, 0) is 17.8 Å². The molecule has 0 aromatic carbocycles. The van der Waals surface area contributed by atoms with Crippen LogP contribution in [0.4, 0.5) is 0 Å². The van der Waals surface area contributed by atoms with Crippen LogP contribution in [0.25, 0.3) is 0 Å². The van der Waals surface area contributed by atoms with Crippen LogP contribution in [0.2, 0.25) is 0 Å². The molecule has 3 atom stereocenters. The van der Waals surface area contributed by atoms with E-state index in [0.717, 1.165) is 50.9 Å². The van der Waals surface area contributed by atoms with Gasteiger partial charge in [-0.15, -0.1) is 0 Å². The molecular weight excluding hydrogens is 252 g/mol. The zero-order chi connectivity index (χ0) is 14.5. The molecule has 1 N–H and O–H groups in total. The molecule has 1 heterocycles. The Kier molecular flexibility index (Phi) is 5.21. The lowest BCUT2D eigenvalue weighted by molar-refractivity contribution is -0.145. The number of aryl methyl sites for hydroxylation is 1. The van der Waals surface area contributed by atoms with Crippen LogP contribution in [0.15, 0.2) is 12.4 Å². The van der Waals surface area contributed by atoms with Gasteiger partial charge in [0.15, 0.2) is 0 Å². The van der Waals surface area contributed by atoms with E-state index in [2.05, 4.69) is 23.4 Å². The van der Waals surface area contributed by atoms with Crippen molar-refractivity contribution in [3.63, 3.8) is 0 Å². The van der Waals surface area contributed by atoms with Crippen molar-refractivity contribution in [3.8, 4) is 0 Å². The first-order valence-electron chi connectivity index (χ1n) is 7.88. The topological polar surface area (TPSA) is 55.1 Å². The molecule has 4 heteroatoms. The molecule has 20 heavy (non-hydrogen) atoms. The Bertz CT molecular complexity index is 441. The Morgan fingerprint density at radius 1 is 1.45 bits per heavy atom. The molecule has 0 amide bonds. The summed E-state index contributed by atoms with van der Waals surface area (Å²) in [4.78, 5) is 15.9. The van der Waals surface area contributed by atoms with E-state index < -0.39 is 5.97 Å². The van der Waals surface area contributed by atoms with Gasteiger partial charge in [-0.05, 0) is 37.5 Å². The lowest BCUT2D eigenvalue weighted by Gasteiger charge is -2.33. The Morgan fingerprint density at radius 3 is 2.90 bits per heavy atom. The van der Waals surface area contributed by atoms with Gasteiger partial charge in [-0.25, -0.2) is 4.98 Å². The van der Waals surface area contributed by atoms with Crippen molar-refractivity contribution >= 4 is 5.97 Å². The molecule has 0 radical (unpaired) electrons. The molecule has 0 bridgehead atoms. The summed E-state index contributed by atoms with van der Waals surface area (Å²) in [5.41, 5.74) is 0. The highest BCUT2D eigenvalue weighted by Crippen LogP contribution is 2.37. The van der Waals surface area contributed by atoms with Crippen molar-refractivity contribution < 1.29 is 9.90 Å². The minimum Gasteiger partial charge on any atom is -0.481 e. The fourth-order valence-electron chi connectivity index (χ4n) is 3.49. The van der Waals surface area contributed by atoms with Crippen molar-refractivity contribution in [1.29, 1.82) is 0 Å². The molecule has 0 aliphatic heterocycles. The summed E-state index contributed by atoms with van der Waals surface area (Å²) >= 11 is 0. The molecule has 1 fully saturated rings. The van der Waals surface area contributed by atoms with Crippen molar-refractivity contribution in [2.45, 2.75) is 58.9 Å². The van der Waals surface area contributed by atoms with Crippen LogP contribution in [0.5, 0.6) is 0 Å². The average molecular weight is 278 g/mol. The first-order valence-corrected chi connectivity index (χ1v) is 7.88. The third-order valence-corrected chi connectivity index (χ3v) is 4.70. The van der Waals surface area contributed by atoms with Crippen molar-refractivity contribution in [2.24, 2.45) is 17.8 Å². The number of carbonyl (C=O) groups is 1. The molecule has 3 unspecified atom stereocenters. The van der Waals surface area contributed by atoms with E-state index >= 15 is 0 Å². The second-order valence-corrected chi connectivity index (χ2v) is 6.03. The van der Waals surface area contributed by atoms with Gasteiger partial charge >= 0.3 is 5.97 Å². The lowest BCUT2D eigenvalue weighted by Crippen LogP contribution is -2.32. The van der Waals surface area contributed by atoms with E-state index in [-0.39, 0.29) is 11.8 Å². The summed E-state index contributed by atoms with van der Waals surface area (Å²) in [6, 6.07) is 0. The van der Waals surface area contributed by atoms with Crippen LogP contribution in [-0.4, -0.2) is 20.6 Å². The van der Waals surface area contributed by atoms with Gasteiger partial charge in [0.25, 0.3) is 0 Å². The predicted octanol–water partition coefficient (Wildman–Crippen LogP) is 3.36. The summed E-state index contributed by atoms with van der Waals surface area (Å²) in [6.07, 6.45) is 9.81. The maximum atomic E-state index is 11.5. The first kappa shape index (κ1) is 15.1. The minimum atomic E-state index is -0.627. The summed E-state index contributed by atoms with van der Waals surface area (Å²) in [5, 5.41) is 9.44. The van der Waals surface area contributed by atoms with E-state index in [1.165, 1.54) is 0 Å².